The lowest BCUT2D eigenvalue weighted by Gasteiger charge is -2.37. The minimum Gasteiger partial charge on any atom is -0.394 e. The molecule has 0 aromatic heterocycles. The Kier molecular flexibility index (Phi) is 2.99. The fraction of sp³-hybridized carbons (Fsp3) is 1.00. The van der Waals surface area contributed by atoms with Crippen molar-refractivity contribution in [2.45, 2.75) is 30.7 Å². The van der Waals surface area contributed by atoms with E-state index in [1.807, 2.05) is 0 Å². The zero-order valence-electron chi connectivity index (χ0n) is 6.24. The van der Waals surface area contributed by atoms with Crippen LogP contribution in [0.5, 0.6) is 0 Å². The van der Waals surface area contributed by atoms with E-state index in [2.05, 4.69) is 4.74 Å². The summed E-state index contributed by atoms with van der Waals surface area (Å²) in [6, 6.07) is 0. The van der Waals surface area contributed by atoms with Crippen LogP contribution in [0.4, 0.5) is 0 Å². The van der Waals surface area contributed by atoms with Gasteiger partial charge < -0.3 is 30.3 Å². The van der Waals surface area contributed by atoms with Crippen molar-refractivity contribution in [1.29, 1.82) is 0 Å². The van der Waals surface area contributed by atoms with E-state index in [1.54, 1.807) is 0 Å². The van der Waals surface area contributed by atoms with Gasteiger partial charge in [0.05, 0.1) is 6.61 Å². The van der Waals surface area contributed by atoms with E-state index in [1.165, 1.54) is 0 Å². The predicted molar refractivity (Wildman–Crippen MR) is 36.0 cm³/mol. The van der Waals surface area contributed by atoms with Gasteiger partial charge in [0, 0.05) is 0 Å². The SMILES string of the molecule is OC[C@H]1O[13CH](O)[13C@H](O)[13C@@H](O)[C@@H]1O. The molecular formula is C6H12O6. The van der Waals surface area contributed by atoms with Crippen molar-refractivity contribution >= 4 is 0 Å². The molecule has 0 amide bonds. The summed E-state index contributed by atoms with van der Waals surface area (Å²) in [6.45, 7) is -0.526. The molecule has 1 aliphatic rings. The normalized spacial score (nSPS) is 49.2. The van der Waals surface area contributed by atoms with Crippen LogP contribution in [0.15, 0.2) is 0 Å². The average molecular weight is 183 g/mol. The third-order valence-corrected chi connectivity index (χ3v) is 1.87. The molecular weight excluding hydrogens is 171 g/mol. The van der Waals surface area contributed by atoms with Gasteiger partial charge in [-0.25, -0.2) is 0 Å². The second-order valence-electron chi connectivity index (χ2n) is 2.72. The number of hydrogen-bond acceptors (Lipinski definition) is 6. The average Bonchev–Trinajstić information content (AvgIpc) is 2.08. The third-order valence-electron chi connectivity index (χ3n) is 1.87. The van der Waals surface area contributed by atoms with E-state index in [9.17, 15) is 0 Å². The molecule has 0 aromatic carbocycles. The quantitative estimate of drug-likeness (QED) is 0.273. The molecule has 0 bridgehead atoms. The fourth-order valence-corrected chi connectivity index (χ4v) is 1.08. The van der Waals surface area contributed by atoms with Crippen LogP contribution in [0.3, 0.4) is 0 Å². The molecule has 6 heteroatoms. The van der Waals surface area contributed by atoms with Gasteiger partial charge in [-0.2, -0.15) is 0 Å². The largest absolute Gasteiger partial charge is 0.394 e. The van der Waals surface area contributed by atoms with Gasteiger partial charge in [0.2, 0.25) is 0 Å². The monoisotopic (exact) mass is 183 g/mol. The summed E-state index contributed by atoms with van der Waals surface area (Å²) in [5, 5.41) is 44.7. The van der Waals surface area contributed by atoms with E-state index in [0.717, 1.165) is 0 Å². The van der Waals surface area contributed by atoms with Crippen molar-refractivity contribution in [2.75, 3.05) is 6.61 Å². The van der Waals surface area contributed by atoms with Gasteiger partial charge in [-0.3, -0.25) is 0 Å². The van der Waals surface area contributed by atoms with Crippen LogP contribution in [0, 0.1) is 0 Å². The van der Waals surface area contributed by atoms with Crippen molar-refractivity contribution < 1.29 is 30.3 Å². The molecule has 0 saturated carbocycles. The van der Waals surface area contributed by atoms with E-state index in [-0.39, 0.29) is 0 Å². The first-order valence-corrected chi connectivity index (χ1v) is 3.56. The lowest BCUT2D eigenvalue weighted by atomic mass is 10.3. The summed E-state index contributed by atoms with van der Waals surface area (Å²) in [5.41, 5.74) is 0. The lowest BCUT2D eigenvalue weighted by molar-refractivity contribution is -0.286. The second kappa shape index (κ2) is 3.65. The molecule has 6 nitrogen and oxygen atoms in total. The number of aliphatic hydroxyl groups excluding tert-OH is 5. The Balaban J connectivity index is 2.63. The predicted octanol–water partition coefficient (Wildman–Crippen LogP) is -3.22. The smallest absolute Gasteiger partial charge is 0.184 e. The van der Waals surface area contributed by atoms with Crippen molar-refractivity contribution in [1.82, 2.24) is 0 Å². The molecule has 0 radical (unpaired) electrons. The van der Waals surface area contributed by atoms with Gasteiger partial charge in [0.1, 0.15) is 24.4 Å². The first-order chi connectivity index (χ1) is 5.57. The Morgan fingerprint density at radius 3 is 2.00 bits per heavy atom. The Bertz CT molecular complexity index is 146. The van der Waals surface area contributed by atoms with Gasteiger partial charge >= 0.3 is 0 Å². The molecule has 1 aliphatic heterocycles. The summed E-state index contributed by atoms with van der Waals surface area (Å²) in [7, 11) is 0. The van der Waals surface area contributed by atoms with Gasteiger partial charge in [-0.1, -0.05) is 0 Å². The van der Waals surface area contributed by atoms with Crippen molar-refractivity contribution in [2.24, 2.45) is 0 Å². The number of rotatable bonds is 1. The van der Waals surface area contributed by atoms with Crippen LogP contribution in [-0.2, 0) is 4.74 Å². The molecule has 1 rings (SSSR count). The topological polar surface area (TPSA) is 110 Å². The first-order valence-electron chi connectivity index (χ1n) is 3.56. The minimum absolute atomic E-state index is 0.526. The summed E-state index contributed by atoms with van der Waals surface area (Å²) >= 11 is 0. The van der Waals surface area contributed by atoms with Gasteiger partial charge in [-0.05, 0) is 0 Å². The Hall–Kier alpha value is -0.240. The lowest BCUT2D eigenvalue weighted by Crippen LogP contribution is -2.58. The minimum atomic E-state index is -1.57. The molecule has 72 valence electrons. The molecule has 5 atom stereocenters. The number of hydrogen-bond donors (Lipinski definition) is 5. The fourth-order valence-electron chi connectivity index (χ4n) is 1.08. The van der Waals surface area contributed by atoms with E-state index in [0.29, 0.717) is 0 Å². The molecule has 12 heavy (non-hydrogen) atoms. The Labute approximate surface area is 68.6 Å². The van der Waals surface area contributed by atoms with Crippen molar-refractivity contribution in [3.05, 3.63) is 0 Å². The van der Waals surface area contributed by atoms with Crippen LogP contribution in [0.1, 0.15) is 0 Å². The maximum Gasteiger partial charge on any atom is 0.184 e. The van der Waals surface area contributed by atoms with Crippen molar-refractivity contribution in [3.63, 3.8) is 0 Å². The van der Waals surface area contributed by atoms with E-state index in [4.69, 9.17) is 25.5 Å². The summed E-state index contributed by atoms with van der Waals surface area (Å²) in [5.74, 6) is 0. The maximum atomic E-state index is 9.12. The highest BCUT2D eigenvalue weighted by atomic mass is 16.8. The van der Waals surface area contributed by atoms with Crippen LogP contribution in [0.2, 0.25) is 0 Å². The van der Waals surface area contributed by atoms with Crippen LogP contribution < -0.4 is 0 Å². The highest BCUT2D eigenvalue weighted by Gasteiger charge is 2.42. The number of aliphatic hydroxyl groups is 5. The first kappa shape index (κ1) is 9.85. The molecule has 1 fully saturated rings. The molecule has 1 heterocycles. The van der Waals surface area contributed by atoms with Gasteiger partial charge in [-0.15, -0.1) is 0 Å². The molecule has 0 spiro atoms. The molecule has 1 saturated heterocycles. The van der Waals surface area contributed by atoms with Crippen LogP contribution >= 0.6 is 0 Å². The molecule has 1 unspecified atom stereocenters. The maximum absolute atomic E-state index is 9.12. The molecule has 5 N–H and O–H groups in total. The van der Waals surface area contributed by atoms with E-state index >= 15 is 0 Å². The third kappa shape index (κ3) is 1.58. The highest BCUT2D eigenvalue weighted by Crippen LogP contribution is 2.18. The zero-order chi connectivity index (χ0) is 9.30. The standard InChI is InChI=1S/C6H12O6/c7-1-2-3(8)4(9)5(10)6(11)12-2/h2-11H,1H2/t2-,3-,4+,5-,6?/m1/s1/i4+1,5+1,6+1. The molecule has 0 aromatic rings. The van der Waals surface area contributed by atoms with Crippen molar-refractivity contribution in [3.8, 4) is 0 Å². The Morgan fingerprint density at radius 2 is 1.50 bits per heavy atom. The van der Waals surface area contributed by atoms with Crippen LogP contribution in [0.25, 0.3) is 0 Å². The van der Waals surface area contributed by atoms with Gasteiger partial charge in [0.25, 0.3) is 0 Å². The van der Waals surface area contributed by atoms with Crippen LogP contribution in [-0.4, -0.2) is 62.8 Å². The summed E-state index contributed by atoms with van der Waals surface area (Å²) in [6.07, 6.45) is -7.04. The summed E-state index contributed by atoms with van der Waals surface area (Å²) < 4.78 is 4.58. The van der Waals surface area contributed by atoms with E-state index < -0.39 is 37.3 Å². The summed E-state index contributed by atoms with van der Waals surface area (Å²) in [4.78, 5) is 0. The van der Waals surface area contributed by atoms with Gasteiger partial charge in [0.15, 0.2) is 6.29 Å². The molecule has 0 aliphatic carbocycles. The second-order valence-corrected chi connectivity index (χ2v) is 2.72. The number of ether oxygens (including phenoxy) is 1. The Morgan fingerprint density at radius 1 is 0.917 bits per heavy atom. The highest BCUT2D eigenvalue weighted by molar-refractivity contribution is 4.87. The zero-order valence-corrected chi connectivity index (χ0v) is 6.24.